The molecule has 0 aromatic heterocycles. The second-order valence-corrected chi connectivity index (χ2v) is 17.0. The fourth-order valence-electron chi connectivity index (χ4n) is 8.21. The van der Waals surface area contributed by atoms with E-state index in [9.17, 15) is 0 Å². The van der Waals surface area contributed by atoms with Crippen molar-refractivity contribution in [1.82, 2.24) is 0 Å². The Morgan fingerprint density at radius 2 is 0.319 bits per heavy atom. The third-order valence-corrected chi connectivity index (χ3v) is 12.3. The summed E-state index contributed by atoms with van der Waals surface area (Å²) in [6.45, 7) is 0. The van der Waals surface area contributed by atoms with E-state index in [0.717, 1.165) is 102 Å². The molecule has 0 bridgehead atoms. The van der Waals surface area contributed by atoms with E-state index >= 15 is 0 Å². The van der Waals surface area contributed by atoms with E-state index < -0.39 is 0 Å². The number of anilines is 6. The maximum absolute atomic E-state index is 5.41. The van der Waals surface area contributed by atoms with E-state index in [1.54, 1.807) is 28.4 Å². The van der Waals surface area contributed by atoms with Crippen LogP contribution < -0.4 is 28.7 Å². The van der Waals surface area contributed by atoms with Crippen LogP contribution in [0.2, 0.25) is 0 Å². The van der Waals surface area contributed by atoms with Crippen LogP contribution in [-0.2, 0) is 0 Å². The molecule has 0 aliphatic carbocycles. The zero-order valence-corrected chi connectivity index (χ0v) is 40.9. The summed E-state index contributed by atoms with van der Waals surface area (Å²) < 4.78 is 21.6. The minimum Gasteiger partial charge on any atom is -0.497 e. The van der Waals surface area contributed by atoms with Crippen LogP contribution in [0.3, 0.4) is 0 Å². The standard InChI is InChI=1S/C66H56N2O4/c1-69-63-41-33-59(34-42-63)67(60-35-43-64(70-2)44-36-60)57-29-25-55(26-30-57)23-21-53-17-13-51(14-18-53)11-9-49-5-7-50(8-6-49)10-12-52-15-19-54(20-16-52)22-24-56-27-31-58(32-28-56)68(61-37-45-65(71-3)46-38-61)62-39-47-66(72-4)48-40-62/h5-48H,1-4H3. The van der Waals surface area contributed by atoms with Gasteiger partial charge in [0, 0.05) is 34.1 Å². The Bertz CT molecular complexity index is 2930. The smallest absolute Gasteiger partial charge is 0.119 e. The van der Waals surface area contributed by atoms with Gasteiger partial charge in [0.1, 0.15) is 23.0 Å². The minimum atomic E-state index is 0.818. The second kappa shape index (κ2) is 23.4. The lowest BCUT2D eigenvalue weighted by Gasteiger charge is -2.26. The Balaban J connectivity index is 0.770. The maximum atomic E-state index is 5.41. The van der Waals surface area contributed by atoms with Gasteiger partial charge in [0.25, 0.3) is 0 Å². The molecule has 0 fully saturated rings. The number of hydrogen-bond donors (Lipinski definition) is 0. The van der Waals surface area contributed by atoms with Crippen molar-refractivity contribution in [3.05, 3.63) is 263 Å². The predicted octanol–water partition coefficient (Wildman–Crippen LogP) is 17.3. The largest absolute Gasteiger partial charge is 0.497 e. The average molecular weight is 941 g/mol. The molecule has 0 radical (unpaired) electrons. The molecule has 0 aliphatic heterocycles. The van der Waals surface area contributed by atoms with Crippen LogP contribution in [0, 0.1) is 0 Å². The van der Waals surface area contributed by atoms with E-state index in [0.29, 0.717) is 0 Å². The van der Waals surface area contributed by atoms with Crippen molar-refractivity contribution in [2.45, 2.75) is 0 Å². The maximum Gasteiger partial charge on any atom is 0.119 e. The molecule has 0 spiro atoms. The predicted molar refractivity (Wildman–Crippen MR) is 303 cm³/mol. The first-order valence-corrected chi connectivity index (χ1v) is 23.8. The molecule has 354 valence electrons. The number of methoxy groups -OCH3 is 4. The van der Waals surface area contributed by atoms with E-state index in [4.69, 9.17) is 18.9 Å². The molecule has 0 saturated heterocycles. The van der Waals surface area contributed by atoms with Gasteiger partial charge < -0.3 is 28.7 Å². The average Bonchev–Trinajstić information content (AvgIpc) is 3.45. The molecule has 6 nitrogen and oxygen atoms in total. The molecule has 0 unspecified atom stereocenters. The van der Waals surface area contributed by atoms with Crippen LogP contribution >= 0.6 is 0 Å². The molecule has 0 aliphatic rings. The van der Waals surface area contributed by atoms with E-state index in [2.05, 4.69) is 228 Å². The summed E-state index contributed by atoms with van der Waals surface area (Å²) >= 11 is 0. The zero-order valence-electron chi connectivity index (χ0n) is 40.9. The van der Waals surface area contributed by atoms with Gasteiger partial charge in [-0.3, -0.25) is 0 Å². The van der Waals surface area contributed by atoms with Gasteiger partial charge in [-0.15, -0.1) is 0 Å². The van der Waals surface area contributed by atoms with Crippen molar-refractivity contribution >= 4 is 82.7 Å². The zero-order chi connectivity index (χ0) is 49.5. The fourth-order valence-corrected chi connectivity index (χ4v) is 8.21. The molecule has 9 aromatic rings. The van der Waals surface area contributed by atoms with E-state index in [1.807, 2.05) is 48.5 Å². The minimum absolute atomic E-state index is 0.818. The molecule has 9 rings (SSSR count). The molecule has 0 amide bonds. The molecule has 72 heavy (non-hydrogen) atoms. The van der Waals surface area contributed by atoms with Crippen LogP contribution in [0.4, 0.5) is 34.1 Å². The molecule has 0 saturated carbocycles. The Morgan fingerprint density at radius 1 is 0.194 bits per heavy atom. The second-order valence-electron chi connectivity index (χ2n) is 17.0. The number of ether oxygens (including phenoxy) is 4. The third kappa shape index (κ3) is 12.3. The lowest BCUT2D eigenvalue weighted by Crippen LogP contribution is -2.09. The topological polar surface area (TPSA) is 43.4 Å². The highest BCUT2D eigenvalue weighted by molar-refractivity contribution is 5.81. The van der Waals surface area contributed by atoms with Crippen molar-refractivity contribution in [3.8, 4) is 23.0 Å². The van der Waals surface area contributed by atoms with Gasteiger partial charge in [-0.05, 0) is 166 Å². The van der Waals surface area contributed by atoms with Crippen molar-refractivity contribution in [1.29, 1.82) is 0 Å². The van der Waals surface area contributed by atoms with Crippen molar-refractivity contribution in [2.75, 3.05) is 38.2 Å². The summed E-state index contributed by atoms with van der Waals surface area (Å²) in [7, 11) is 6.73. The summed E-state index contributed by atoms with van der Waals surface area (Å²) in [6, 6.07) is 75.4. The van der Waals surface area contributed by atoms with Crippen molar-refractivity contribution in [2.24, 2.45) is 0 Å². The highest BCUT2D eigenvalue weighted by Crippen LogP contribution is 2.38. The summed E-state index contributed by atoms with van der Waals surface area (Å²) in [5, 5.41) is 0. The van der Waals surface area contributed by atoms with Crippen LogP contribution in [0.15, 0.2) is 218 Å². The van der Waals surface area contributed by atoms with Crippen LogP contribution in [0.5, 0.6) is 23.0 Å². The molecule has 9 aromatic carbocycles. The SMILES string of the molecule is COc1ccc(N(c2ccc(C=Cc3ccc(C=Cc4ccc(C=Cc5ccc(C=Cc6ccc(N(c7ccc(OC)cc7)c7ccc(OC)cc7)cc6)cc5)cc4)cc3)cc2)c2ccc(OC)cc2)cc1. The van der Waals surface area contributed by atoms with Crippen molar-refractivity contribution < 1.29 is 18.9 Å². The summed E-state index contributed by atoms with van der Waals surface area (Å²) in [5.41, 5.74) is 15.3. The molecular weight excluding hydrogens is 885 g/mol. The van der Waals surface area contributed by atoms with Gasteiger partial charge in [0.2, 0.25) is 0 Å². The van der Waals surface area contributed by atoms with Gasteiger partial charge >= 0.3 is 0 Å². The molecule has 0 atom stereocenters. The van der Waals surface area contributed by atoms with Crippen LogP contribution in [0.1, 0.15) is 44.5 Å². The van der Waals surface area contributed by atoms with E-state index in [-0.39, 0.29) is 0 Å². The van der Waals surface area contributed by atoms with E-state index in [1.165, 1.54) is 0 Å². The number of hydrogen-bond acceptors (Lipinski definition) is 6. The fraction of sp³-hybridized carbons (Fsp3) is 0.0606. The Labute approximate surface area is 423 Å². The van der Waals surface area contributed by atoms with Crippen LogP contribution in [-0.4, -0.2) is 28.4 Å². The Kier molecular flexibility index (Phi) is 15.5. The molecule has 0 heterocycles. The first kappa shape index (κ1) is 47.8. The number of nitrogens with zero attached hydrogens (tertiary/aromatic N) is 2. The first-order chi connectivity index (χ1) is 35.4. The van der Waals surface area contributed by atoms with Crippen LogP contribution in [0.25, 0.3) is 48.6 Å². The Hall–Kier alpha value is -9.26. The summed E-state index contributed by atoms with van der Waals surface area (Å²) in [5.74, 6) is 3.27. The van der Waals surface area contributed by atoms with Gasteiger partial charge in [-0.2, -0.15) is 0 Å². The first-order valence-electron chi connectivity index (χ1n) is 23.8. The third-order valence-electron chi connectivity index (χ3n) is 12.3. The lowest BCUT2D eigenvalue weighted by atomic mass is 10.1. The summed E-state index contributed by atoms with van der Waals surface area (Å²) in [4.78, 5) is 4.44. The summed E-state index contributed by atoms with van der Waals surface area (Å²) in [6.07, 6.45) is 17.2. The highest BCUT2D eigenvalue weighted by atomic mass is 16.5. The molecular formula is C66H56N2O4. The van der Waals surface area contributed by atoms with Gasteiger partial charge in [-0.25, -0.2) is 0 Å². The van der Waals surface area contributed by atoms with Gasteiger partial charge in [0.15, 0.2) is 0 Å². The number of rotatable bonds is 18. The Morgan fingerprint density at radius 3 is 0.458 bits per heavy atom. The molecule has 6 heteroatoms. The van der Waals surface area contributed by atoms with Gasteiger partial charge in [0.05, 0.1) is 28.4 Å². The van der Waals surface area contributed by atoms with Gasteiger partial charge in [-0.1, -0.05) is 146 Å². The van der Waals surface area contributed by atoms with Crippen molar-refractivity contribution in [3.63, 3.8) is 0 Å². The highest BCUT2D eigenvalue weighted by Gasteiger charge is 2.15. The lowest BCUT2D eigenvalue weighted by molar-refractivity contribution is 0.414. The molecule has 0 N–H and O–H groups in total. The number of benzene rings is 9. The quantitative estimate of drug-likeness (QED) is 0.0799. The monoisotopic (exact) mass is 940 g/mol. The normalized spacial score (nSPS) is 11.4.